The van der Waals surface area contributed by atoms with Crippen LogP contribution in [0.4, 0.5) is 10.3 Å². The molecule has 0 radical (unpaired) electrons. The van der Waals surface area contributed by atoms with Crippen LogP contribution in [0.3, 0.4) is 0 Å². The number of nitrogens with one attached hydrogen (secondary N) is 2. The minimum Gasteiger partial charge on any atom is -0.354 e. The molecule has 4 rings (SSSR count). The largest absolute Gasteiger partial charge is 0.354 e. The Kier molecular flexibility index (Phi) is 5.92. The van der Waals surface area contributed by atoms with Crippen LogP contribution < -0.4 is 5.32 Å². The Labute approximate surface area is 164 Å². The highest BCUT2D eigenvalue weighted by atomic mass is 19.1. The Morgan fingerprint density at radius 3 is 2.64 bits per heavy atom. The van der Waals surface area contributed by atoms with Crippen molar-refractivity contribution in [2.75, 3.05) is 31.5 Å². The number of H-pyrrole nitrogens is 1. The first-order chi connectivity index (χ1) is 13.8. The summed E-state index contributed by atoms with van der Waals surface area (Å²) in [5.41, 5.74) is 2.34. The number of benzene rings is 1. The van der Waals surface area contributed by atoms with Crippen LogP contribution in [0, 0.1) is 5.82 Å². The highest BCUT2D eigenvalue weighted by molar-refractivity contribution is 5.77. The monoisotopic (exact) mass is 380 g/mol. The number of likely N-dealkylation sites (tertiary alicyclic amines) is 1. The summed E-state index contributed by atoms with van der Waals surface area (Å²) >= 11 is 0. The maximum absolute atomic E-state index is 13.3. The first-order valence-electron chi connectivity index (χ1n) is 9.88. The normalized spacial score (nSPS) is 14.9. The standard InChI is InChI=1S/C21H25FN6/c22-17-7-5-16(6-8-17)19-18(20-23-10-11-24-20)15-26-21(27-19)25-9-4-14-28-12-2-1-3-13-28/h5-8,10-11,15H,1-4,9,12-14H2,(H,23,24)(H,25,26,27). The quantitative estimate of drug-likeness (QED) is 0.607. The van der Waals surface area contributed by atoms with Gasteiger partial charge in [-0.3, -0.25) is 0 Å². The van der Waals surface area contributed by atoms with E-state index < -0.39 is 0 Å². The fourth-order valence-electron chi connectivity index (χ4n) is 3.57. The van der Waals surface area contributed by atoms with Gasteiger partial charge in [-0.1, -0.05) is 6.42 Å². The van der Waals surface area contributed by atoms with Gasteiger partial charge in [0, 0.05) is 30.7 Å². The highest BCUT2D eigenvalue weighted by Gasteiger charge is 2.14. The average molecular weight is 380 g/mol. The van der Waals surface area contributed by atoms with Crippen LogP contribution in [0.2, 0.25) is 0 Å². The van der Waals surface area contributed by atoms with Crippen molar-refractivity contribution in [3.8, 4) is 22.6 Å². The summed E-state index contributed by atoms with van der Waals surface area (Å²) in [7, 11) is 0. The molecule has 6 nitrogen and oxygen atoms in total. The van der Waals surface area contributed by atoms with E-state index in [0.717, 1.165) is 36.3 Å². The van der Waals surface area contributed by atoms with Crippen LogP contribution in [0.15, 0.2) is 42.9 Å². The molecule has 146 valence electrons. The summed E-state index contributed by atoms with van der Waals surface area (Å²) in [6, 6.07) is 6.33. The number of halogens is 1. The van der Waals surface area contributed by atoms with Gasteiger partial charge in [0.2, 0.25) is 5.95 Å². The van der Waals surface area contributed by atoms with Crippen molar-refractivity contribution in [2.24, 2.45) is 0 Å². The van der Waals surface area contributed by atoms with E-state index >= 15 is 0 Å². The molecule has 7 heteroatoms. The molecular formula is C21H25FN6. The molecule has 1 aliphatic heterocycles. The SMILES string of the molecule is Fc1ccc(-c2nc(NCCCN3CCCCC3)ncc2-c2ncc[nH]2)cc1. The van der Waals surface area contributed by atoms with Crippen molar-refractivity contribution in [1.29, 1.82) is 0 Å². The Balaban J connectivity index is 1.47. The third kappa shape index (κ3) is 4.54. The zero-order chi connectivity index (χ0) is 19.2. The Morgan fingerprint density at radius 1 is 1.07 bits per heavy atom. The second-order valence-corrected chi connectivity index (χ2v) is 7.08. The van der Waals surface area contributed by atoms with E-state index in [-0.39, 0.29) is 5.82 Å². The summed E-state index contributed by atoms with van der Waals surface area (Å²) in [6.45, 7) is 4.34. The molecule has 3 heterocycles. The molecule has 1 saturated heterocycles. The van der Waals surface area contributed by atoms with Crippen molar-refractivity contribution >= 4 is 5.95 Å². The molecule has 0 atom stereocenters. The topological polar surface area (TPSA) is 69.7 Å². The van der Waals surface area contributed by atoms with Crippen molar-refractivity contribution in [2.45, 2.75) is 25.7 Å². The van der Waals surface area contributed by atoms with E-state index in [1.807, 2.05) is 0 Å². The van der Waals surface area contributed by atoms with Gasteiger partial charge >= 0.3 is 0 Å². The molecule has 1 aromatic carbocycles. The second-order valence-electron chi connectivity index (χ2n) is 7.08. The van der Waals surface area contributed by atoms with Crippen LogP contribution in [0.1, 0.15) is 25.7 Å². The average Bonchev–Trinajstić information content (AvgIpc) is 3.27. The van der Waals surface area contributed by atoms with Crippen molar-refractivity contribution in [3.05, 3.63) is 48.7 Å². The van der Waals surface area contributed by atoms with E-state index in [2.05, 4.69) is 25.2 Å². The molecule has 0 saturated carbocycles. The number of aromatic nitrogens is 4. The summed E-state index contributed by atoms with van der Waals surface area (Å²) in [5.74, 6) is 0.998. The predicted octanol–water partition coefficient (Wildman–Crippen LogP) is 3.96. The van der Waals surface area contributed by atoms with Crippen LogP contribution in [-0.2, 0) is 0 Å². The molecule has 0 unspecified atom stereocenters. The molecule has 3 aromatic rings. The summed E-state index contributed by atoms with van der Waals surface area (Å²) in [4.78, 5) is 19.1. The van der Waals surface area contributed by atoms with Crippen LogP contribution in [0.5, 0.6) is 0 Å². The van der Waals surface area contributed by atoms with E-state index in [1.165, 1.54) is 44.5 Å². The molecular weight excluding hydrogens is 355 g/mol. The summed E-state index contributed by atoms with van der Waals surface area (Å²) in [5, 5.41) is 3.32. The molecule has 2 N–H and O–H groups in total. The fraction of sp³-hybridized carbons (Fsp3) is 0.381. The lowest BCUT2D eigenvalue weighted by Crippen LogP contribution is -2.31. The molecule has 1 aliphatic rings. The minimum absolute atomic E-state index is 0.270. The maximum atomic E-state index is 13.3. The molecule has 28 heavy (non-hydrogen) atoms. The Morgan fingerprint density at radius 2 is 1.89 bits per heavy atom. The molecule has 2 aromatic heterocycles. The first kappa shape index (κ1) is 18.6. The number of anilines is 1. The van der Waals surface area contributed by atoms with Crippen molar-refractivity contribution in [3.63, 3.8) is 0 Å². The summed E-state index contributed by atoms with van der Waals surface area (Å²) < 4.78 is 13.3. The lowest BCUT2D eigenvalue weighted by atomic mass is 10.1. The summed E-state index contributed by atoms with van der Waals surface area (Å²) in [6.07, 6.45) is 10.2. The zero-order valence-corrected chi connectivity index (χ0v) is 15.9. The van der Waals surface area contributed by atoms with Gasteiger partial charge < -0.3 is 15.2 Å². The van der Waals surface area contributed by atoms with Gasteiger partial charge in [0.05, 0.1) is 11.3 Å². The number of piperidine rings is 1. The lowest BCUT2D eigenvalue weighted by Gasteiger charge is -2.26. The Hall–Kier alpha value is -2.80. The number of hydrogen-bond acceptors (Lipinski definition) is 5. The molecule has 0 amide bonds. The molecule has 0 aliphatic carbocycles. The number of nitrogens with zero attached hydrogens (tertiary/aromatic N) is 4. The van der Waals surface area contributed by atoms with Crippen LogP contribution in [0.25, 0.3) is 22.6 Å². The van der Waals surface area contributed by atoms with Gasteiger partial charge in [0.25, 0.3) is 0 Å². The minimum atomic E-state index is -0.270. The molecule has 0 spiro atoms. The molecule has 0 bridgehead atoms. The molecule has 1 fully saturated rings. The lowest BCUT2D eigenvalue weighted by molar-refractivity contribution is 0.228. The van der Waals surface area contributed by atoms with E-state index in [9.17, 15) is 4.39 Å². The number of rotatable bonds is 7. The zero-order valence-electron chi connectivity index (χ0n) is 15.9. The smallest absolute Gasteiger partial charge is 0.223 e. The Bertz CT molecular complexity index is 872. The third-order valence-corrected chi connectivity index (χ3v) is 5.04. The van der Waals surface area contributed by atoms with E-state index in [4.69, 9.17) is 4.98 Å². The van der Waals surface area contributed by atoms with Gasteiger partial charge in [-0.25, -0.2) is 19.3 Å². The predicted molar refractivity (Wildman–Crippen MR) is 108 cm³/mol. The van der Waals surface area contributed by atoms with E-state index in [0.29, 0.717) is 11.8 Å². The number of hydrogen-bond donors (Lipinski definition) is 2. The second kappa shape index (κ2) is 8.93. The van der Waals surface area contributed by atoms with Gasteiger partial charge in [-0.05, 0) is 63.2 Å². The fourth-order valence-corrected chi connectivity index (χ4v) is 3.57. The van der Waals surface area contributed by atoms with Gasteiger partial charge in [-0.15, -0.1) is 0 Å². The highest BCUT2D eigenvalue weighted by Crippen LogP contribution is 2.28. The van der Waals surface area contributed by atoms with Gasteiger partial charge in [-0.2, -0.15) is 0 Å². The number of aromatic amines is 1. The van der Waals surface area contributed by atoms with Crippen molar-refractivity contribution in [1.82, 2.24) is 24.8 Å². The van der Waals surface area contributed by atoms with Gasteiger partial charge in [0.1, 0.15) is 11.6 Å². The third-order valence-electron chi connectivity index (χ3n) is 5.04. The van der Waals surface area contributed by atoms with Crippen LogP contribution >= 0.6 is 0 Å². The maximum Gasteiger partial charge on any atom is 0.223 e. The first-order valence-corrected chi connectivity index (χ1v) is 9.88. The van der Waals surface area contributed by atoms with Crippen LogP contribution in [-0.4, -0.2) is 51.0 Å². The number of imidazole rings is 1. The van der Waals surface area contributed by atoms with Crippen molar-refractivity contribution < 1.29 is 4.39 Å². The van der Waals surface area contributed by atoms with E-state index in [1.54, 1.807) is 30.7 Å². The van der Waals surface area contributed by atoms with Gasteiger partial charge in [0.15, 0.2) is 0 Å².